The van der Waals surface area contributed by atoms with Gasteiger partial charge in [-0.05, 0) is 80.3 Å². The number of rotatable bonds is 8. The highest BCUT2D eigenvalue weighted by Crippen LogP contribution is 2.24. The zero-order valence-corrected chi connectivity index (χ0v) is 17.1. The van der Waals surface area contributed by atoms with Crippen LogP contribution in [0, 0.1) is 5.82 Å². The van der Waals surface area contributed by atoms with Gasteiger partial charge in [0.15, 0.2) is 5.78 Å². The number of Topliss-reactive ketones (excluding diaryl/α,β-unsaturated/α-hetero) is 1. The third-order valence-electron chi connectivity index (χ3n) is 6.05. The van der Waals surface area contributed by atoms with Crippen LogP contribution in [0.4, 0.5) is 4.39 Å². The molecule has 2 aromatic rings. The van der Waals surface area contributed by atoms with Crippen LogP contribution in [0.2, 0.25) is 0 Å². The lowest BCUT2D eigenvalue weighted by Gasteiger charge is -2.20. The van der Waals surface area contributed by atoms with Gasteiger partial charge in [0, 0.05) is 31.2 Å². The third kappa shape index (κ3) is 5.03. The molecule has 1 saturated heterocycles. The van der Waals surface area contributed by atoms with Gasteiger partial charge >= 0.3 is 0 Å². The number of hydrogen-bond donors (Lipinski definition) is 0. The van der Waals surface area contributed by atoms with Crippen molar-refractivity contribution in [2.45, 2.75) is 45.3 Å². The van der Waals surface area contributed by atoms with Gasteiger partial charge < -0.3 is 9.64 Å². The summed E-state index contributed by atoms with van der Waals surface area (Å²) >= 11 is 0. The lowest BCUT2D eigenvalue weighted by atomic mass is 10.1. The summed E-state index contributed by atoms with van der Waals surface area (Å²) in [5.74, 6) is 0.662. The molecule has 2 aromatic carbocycles. The number of benzene rings is 2. The number of carbonyl (C=O) groups is 1. The number of carbonyl (C=O) groups excluding carboxylic acids is 1. The van der Waals surface area contributed by atoms with E-state index < -0.39 is 0 Å². The van der Waals surface area contributed by atoms with Crippen LogP contribution in [-0.2, 0) is 13.1 Å². The van der Waals surface area contributed by atoms with E-state index in [1.807, 2.05) is 30.3 Å². The Hall–Kier alpha value is -2.24. The number of ketones is 1. The SMILES string of the molecule is C[C@@H]1CCCN1CCCOc1ccc(C(=O)CN2Cc3ccc(F)cc3C2)cc1. The van der Waals surface area contributed by atoms with Gasteiger partial charge in [-0.3, -0.25) is 9.69 Å². The van der Waals surface area contributed by atoms with Crippen LogP contribution in [0.3, 0.4) is 0 Å². The number of ether oxygens (including phenoxy) is 1. The first-order valence-corrected chi connectivity index (χ1v) is 10.6. The predicted molar refractivity (Wildman–Crippen MR) is 112 cm³/mol. The zero-order valence-electron chi connectivity index (χ0n) is 17.1. The van der Waals surface area contributed by atoms with E-state index in [0.717, 1.165) is 29.8 Å². The summed E-state index contributed by atoms with van der Waals surface area (Å²) in [6.45, 7) is 6.93. The lowest BCUT2D eigenvalue weighted by molar-refractivity contribution is 0.0929. The molecule has 154 valence electrons. The van der Waals surface area contributed by atoms with Crippen LogP contribution in [0.1, 0.15) is 47.7 Å². The summed E-state index contributed by atoms with van der Waals surface area (Å²) in [4.78, 5) is 17.2. The number of hydrogen-bond acceptors (Lipinski definition) is 4. The van der Waals surface area contributed by atoms with E-state index in [1.54, 1.807) is 6.07 Å². The van der Waals surface area contributed by atoms with E-state index in [4.69, 9.17) is 4.74 Å². The van der Waals surface area contributed by atoms with Crippen LogP contribution in [0.25, 0.3) is 0 Å². The standard InChI is InChI=1S/C24H29FN2O2/c1-18-4-2-11-27(18)12-3-13-29-23-9-6-19(7-10-23)24(28)17-26-15-20-5-8-22(25)14-21(20)16-26/h5-10,14,18H,2-4,11-13,15-17H2,1H3/t18-/m1/s1. The van der Waals surface area contributed by atoms with E-state index >= 15 is 0 Å². The fourth-order valence-electron chi connectivity index (χ4n) is 4.36. The topological polar surface area (TPSA) is 32.8 Å². The fourth-order valence-corrected chi connectivity index (χ4v) is 4.36. The van der Waals surface area contributed by atoms with E-state index in [1.165, 1.54) is 25.5 Å². The average molecular weight is 397 g/mol. The van der Waals surface area contributed by atoms with Crippen molar-refractivity contribution < 1.29 is 13.9 Å². The largest absolute Gasteiger partial charge is 0.494 e. The van der Waals surface area contributed by atoms with Gasteiger partial charge in [0.2, 0.25) is 0 Å². The minimum Gasteiger partial charge on any atom is -0.494 e. The number of halogens is 1. The average Bonchev–Trinajstić information content (AvgIpc) is 3.30. The molecule has 0 N–H and O–H groups in total. The first-order chi connectivity index (χ1) is 14.1. The fraction of sp³-hybridized carbons (Fsp3) is 0.458. The second-order valence-corrected chi connectivity index (χ2v) is 8.23. The first kappa shape index (κ1) is 20.0. The Balaban J connectivity index is 1.22. The van der Waals surface area contributed by atoms with Crippen LogP contribution in [0.5, 0.6) is 5.75 Å². The normalized spacial score (nSPS) is 19.4. The van der Waals surface area contributed by atoms with Gasteiger partial charge in [-0.25, -0.2) is 4.39 Å². The Labute approximate surface area is 172 Å². The lowest BCUT2D eigenvalue weighted by Crippen LogP contribution is -2.28. The van der Waals surface area contributed by atoms with Gasteiger partial charge in [-0.2, -0.15) is 0 Å². The van der Waals surface area contributed by atoms with Crippen LogP contribution < -0.4 is 4.74 Å². The maximum Gasteiger partial charge on any atom is 0.176 e. The first-order valence-electron chi connectivity index (χ1n) is 10.6. The molecular formula is C24H29FN2O2. The summed E-state index contributed by atoms with van der Waals surface area (Å²) in [6.07, 6.45) is 3.62. The highest BCUT2D eigenvalue weighted by molar-refractivity contribution is 5.97. The van der Waals surface area contributed by atoms with Gasteiger partial charge in [0.25, 0.3) is 0 Å². The summed E-state index contributed by atoms with van der Waals surface area (Å²) in [7, 11) is 0. The quantitative estimate of drug-likeness (QED) is 0.493. The summed E-state index contributed by atoms with van der Waals surface area (Å²) < 4.78 is 19.2. The Morgan fingerprint density at radius 3 is 2.69 bits per heavy atom. The van der Waals surface area contributed by atoms with Crippen molar-refractivity contribution in [3.8, 4) is 5.75 Å². The minimum atomic E-state index is -0.220. The van der Waals surface area contributed by atoms with Crippen molar-refractivity contribution in [1.29, 1.82) is 0 Å². The van der Waals surface area contributed by atoms with Crippen molar-refractivity contribution in [3.63, 3.8) is 0 Å². The van der Waals surface area contributed by atoms with E-state index in [-0.39, 0.29) is 11.6 Å². The molecule has 0 radical (unpaired) electrons. The molecule has 1 atom stereocenters. The molecule has 5 heteroatoms. The molecule has 0 aliphatic carbocycles. The highest BCUT2D eigenvalue weighted by Gasteiger charge is 2.22. The van der Waals surface area contributed by atoms with Crippen LogP contribution in [-0.4, -0.2) is 47.9 Å². The van der Waals surface area contributed by atoms with Gasteiger partial charge in [0.1, 0.15) is 11.6 Å². The van der Waals surface area contributed by atoms with E-state index in [0.29, 0.717) is 37.8 Å². The van der Waals surface area contributed by atoms with Crippen molar-refractivity contribution in [1.82, 2.24) is 9.80 Å². The molecule has 0 amide bonds. The molecule has 0 unspecified atom stereocenters. The summed E-state index contributed by atoms with van der Waals surface area (Å²) in [5.41, 5.74) is 2.77. The van der Waals surface area contributed by atoms with Crippen molar-refractivity contribution >= 4 is 5.78 Å². The molecule has 2 heterocycles. The summed E-state index contributed by atoms with van der Waals surface area (Å²) in [6, 6.07) is 13.0. The van der Waals surface area contributed by atoms with Crippen molar-refractivity contribution in [3.05, 3.63) is 65.0 Å². The third-order valence-corrected chi connectivity index (χ3v) is 6.05. The monoisotopic (exact) mass is 396 g/mol. The second kappa shape index (κ2) is 9.06. The predicted octanol–water partition coefficient (Wildman–Crippen LogP) is 4.28. The molecule has 29 heavy (non-hydrogen) atoms. The smallest absolute Gasteiger partial charge is 0.176 e. The van der Waals surface area contributed by atoms with Gasteiger partial charge in [0.05, 0.1) is 13.2 Å². The summed E-state index contributed by atoms with van der Waals surface area (Å²) in [5, 5.41) is 0. The van der Waals surface area contributed by atoms with E-state index in [2.05, 4.69) is 16.7 Å². The Morgan fingerprint density at radius 1 is 1.14 bits per heavy atom. The second-order valence-electron chi connectivity index (χ2n) is 8.23. The number of fused-ring (bicyclic) bond motifs is 1. The zero-order chi connectivity index (χ0) is 20.2. The van der Waals surface area contributed by atoms with E-state index in [9.17, 15) is 9.18 Å². The highest BCUT2D eigenvalue weighted by atomic mass is 19.1. The van der Waals surface area contributed by atoms with Crippen molar-refractivity contribution in [2.24, 2.45) is 0 Å². The molecule has 2 aliphatic heterocycles. The Morgan fingerprint density at radius 2 is 1.93 bits per heavy atom. The van der Waals surface area contributed by atoms with Gasteiger partial charge in [-0.15, -0.1) is 0 Å². The molecule has 4 rings (SSSR count). The molecule has 0 saturated carbocycles. The molecular weight excluding hydrogens is 367 g/mol. The molecule has 0 bridgehead atoms. The Kier molecular flexibility index (Phi) is 6.26. The molecule has 4 nitrogen and oxygen atoms in total. The minimum absolute atomic E-state index is 0.0767. The number of likely N-dealkylation sites (tertiary alicyclic amines) is 1. The molecule has 2 aliphatic rings. The maximum absolute atomic E-state index is 13.4. The van der Waals surface area contributed by atoms with Crippen molar-refractivity contribution in [2.75, 3.05) is 26.2 Å². The van der Waals surface area contributed by atoms with Crippen LogP contribution >= 0.6 is 0 Å². The molecule has 1 fully saturated rings. The molecule has 0 aromatic heterocycles. The maximum atomic E-state index is 13.4. The number of nitrogens with zero attached hydrogens (tertiary/aromatic N) is 2. The van der Waals surface area contributed by atoms with Gasteiger partial charge in [-0.1, -0.05) is 6.07 Å². The Bertz CT molecular complexity index is 852. The molecule has 0 spiro atoms. The van der Waals surface area contributed by atoms with Crippen LogP contribution in [0.15, 0.2) is 42.5 Å².